The number of rotatable bonds is 4. The van der Waals surface area contributed by atoms with Crippen LogP contribution in [-0.4, -0.2) is 41.2 Å². The Balaban J connectivity index is 1.59. The van der Waals surface area contributed by atoms with Gasteiger partial charge >= 0.3 is 6.36 Å². The Morgan fingerprint density at radius 2 is 2.09 bits per heavy atom. The Hall–Kier alpha value is -3.57. The van der Waals surface area contributed by atoms with Gasteiger partial charge in [-0.25, -0.2) is 0 Å². The number of aromatic amines is 1. The molecule has 0 spiro atoms. The Morgan fingerprint density at radius 3 is 2.82 bits per heavy atom. The zero-order valence-electron chi connectivity index (χ0n) is 17.7. The second-order valence-corrected chi connectivity index (χ2v) is 8.22. The van der Waals surface area contributed by atoms with Crippen molar-refractivity contribution in [1.29, 1.82) is 0 Å². The zero-order chi connectivity index (χ0) is 23.8. The van der Waals surface area contributed by atoms with E-state index in [2.05, 4.69) is 32.3 Å². The molecule has 2 aliphatic rings. The van der Waals surface area contributed by atoms with Gasteiger partial charge in [0.25, 0.3) is 5.56 Å². The van der Waals surface area contributed by atoms with E-state index in [1.807, 2.05) is 4.90 Å². The second-order valence-electron chi connectivity index (χ2n) is 8.22. The van der Waals surface area contributed by atoms with Crippen molar-refractivity contribution in [3.05, 3.63) is 40.2 Å². The Kier molecular flexibility index (Phi) is 6.00. The molecule has 1 aromatic heterocycles. The molecule has 0 unspecified atom stereocenters. The summed E-state index contributed by atoms with van der Waals surface area (Å²) in [5, 5.41) is 5.01. The number of halogens is 3. The lowest BCUT2D eigenvalue weighted by molar-refractivity contribution is -0.274. The lowest BCUT2D eigenvalue weighted by Gasteiger charge is -2.32. The van der Waals surface area contributed by atoms with Crippen LogP contribution < -0.4 is 25.8 Å². The molecule has 4 rings (SSSR count). The summed E-state index contributed by atoms with van der Waals surface area (Å²) in [5.41, 5.74) is -0.524. The monoisotopic (exact) mass is 465 g/mol. The quantitative estimate of drug-likeness (QED) is 0.639. The van der Waals surface area contributed by atoms with Crippen molar-refractivity contribution < 1.29 is 27.5 Å². The van der Waals surface area contributed by atoms with E-state index in [4.69, 9.17) is 0 Å². The van der Waals surface area contributed by atoms with E-state index in [1.54, 1.807) is 0 Å². The SMILES string of the molecule is C[C@@H]1CCCN(c2nc3c(c(=O)[nH]2)[C@H](C(=O)Nc2cccc(OC(F)(F)F)c2)CC(=O)N3)C1. The molecule has 3 N–H and O–H groups in total. The lowest BCUT2D eigenvalue weighted by Crippen LogP contribution is -2.40. The maximum atomic E-state index is 12.9. The van der Waals surface area contributed by atoms with Crippen molar-refractivity contribution in [1.82, 2.24) is 9.97 Å². The topological polar surface area (TPSA) is 116 Å². The molecule has 0 saturated carbocycles. The Bertz CT molecular complexity index is 1130. The van der Waals surface area contributed by atoms with Crippen LogP contribution in [0.3, 0.4) is 0 Å². The summed E-state index contributed by atoms with van der Waals surface area (Å²) >= 11 is 0. The van der Waals surface area contributed by atoms with Crippen LogP contribution >= 0.6 is 0 Å². The third-order valence-electron chi connectivity index (χ3n) is 5.55. The van der Waals surface area contributed by atoms with Gasteiger partial charge in [-0.3, -0.25) is 19.4 Å². The number of nitrogens with zero attached hydrogens (tertiary/aromatic N) is 2. The summed E-state index contributed by atoms with van der Waals surface area (Å²) in [5.74, 6) is -2.13. The highest BCUT2D eigenvalue weighted by Gasteiger charge is 2.36. The van der Waals surface area contributed by atoms with Gasteiger partial charge in [-0.05, 0) is 30.9 Å². The molecule has 0 bridgehead atoms. The van der Waals surface area contributed by atoms with Crippen LogP contribution in [0.5, 0.6) is 5.75 Å². The lowest BCUT2D eigenvalue weighted by atomic mass is 9.92. The first-order valence-electron chi connectivity index (χ1n) is 10.4. The summed E-state index contributed by atoms with van der Waals surface area (Å²) < 4.78 is 41.3. The molecule has 2 amide bonds. The number of hydrogen-bond acceptors (Lipinski definition) is 6. The molecule has 1 fully saturated rings. The van der Waals surface area contributed by atoms with Crippen molar-refractivity contribution in [2.45, 2.75) is 38.5 Å². The average Bonchev–Trinajstić information content (AvgIpc) is 2.71. The number of benzene rings is 1. The number of aromatic nitrogens is 2. The number of carbonyl (C=O) groups excluding carboxylic acids is 2. The van der Waals surface area contributed by atoms with E-state index in [1.165, 1.54) is 12.1 Å². The highest BCUT2D eigenvalue weighted by Crippen LogP contribution is 2.32. The van der Waals surface area contributed by atoms with Crippen molar-refractivity contribution in [2.75, 3.05) is 28.6 Å². The molecule has 33 heavy (non-hydrogen) atoms. The second kappa shape index (κ2) is 8.75. The minimum atomic E-state index is -4.88. The molecule has 0 aliphatic carbocycles. The predicted molar refractivity (Wildman–Crippen MR) is 113 cm³/mol. The fourth-order valence-corrected chi connectivity index (χ4v) is 4.12. The summed E-state index contributed by atoms with van der Waals surface area (Å²) in [7, 11) is 0. The average molecular weight is 465 g/mol. The Morgan fingerprint density at radius 1 is 1.30 bits per heavy atom. The summed E-state index contributed by atoms with van der Waals surface area (Å²) in [6.45, 7) is 3.51. The standard InChI is InChI=1S/C21H22F3N5O4/c1-11-4-3-7-29(10-11)20-27-17-16(19(32)28-20)14(9-15(30)26-17)18(31)25-12-5-2-6-13(8-12)33-21(22,23)24/h2,5-6,8,11,14H,3-4,7,9-10H2,1H3,(H,25,31)(H2,26,27,28,30,32)/t11-,14-/m1/s1. The number of hydrogen-bond donors (Lipinski definition) is 3. The van der Waals surface area contributed by atoms with Crippen molar-refractivity contribution in [3.8, 4) is 5.75 Å². The van der Waals surface area contributed by atoms with Crippen LogP contribution in [0, 0.1) is 5.92 Å². The number of alkyl halides is 3. The summed E-state index contributed by atoms with van der Waals surface area (Å²) in [6.07, 6.45) is -3.18. The normalized spacial score (nSPS) is 20.6. The largest absolute Gasteiger partial charge is 0.573 e. The molecule has 176 valence electrons. The maximum absolute atomic E-state index is 12.9. The first-order chi connectivity index (χ1) is 15.6. The number of amides is 2. The molecule has 2 aliphatic heterocycles. The molecule has 1 aromatic carbocycles. The van der Waals surface area contributed by atoms with Gasteiger partial charge in [-0.2, -0.15) is 4.98 Å². The fourth-order valence-electron chi connectivity index (χ4n) is 4.12. The van der Waals surface area contributed by atoms with Gasteiger partial charge in [0.1, 0.15) is 11.6 Å². The number of anilines is 3. The van der Waals surface area contributed by atoms with Crippen LogP contribution in [0.1, 0.15) is 37.7 Å². The highest BCUT2D eigenvalue weighted by molar-refractivity contribution is 6.04. The molecule has 1 saturated heterocycles. The number of nitrogens with one attached hydrogen (secondary N) is 3. The van der Waals surface area contributed by atoms with E-state index in [9.17, 15) is 27.6 Å². The third kappa shape index (κ3) is 5.26. The number of carbonyl (C=O) groups is 2. The first kappa shape index (κ1) is 22.6. The predicted octanol–water partition coefficient (Wildman–Crippen LogP) is 2.97. The minimum Gasteiger partial charge on any atom is -0.406 e. The number of piperidine rings is 1. The molecule has 3 heterocycles. The number of ether oxygens (including phenoxy) is 1. The van der Waals surface area contributed by atoms with Gasteiger partial charge < -0.3 is 20.3 Å². The molecule has 0 radical (unpaired) electrons. The Labute approximate surface area is 186 Å². The molecule has 12 heteroatoms. The summed E-state index contributed by atoms with van der Waals surface area (Å²) in [4.78, 5) is 47.1. The van der Waals surface area contributed by atoms with Gasteiger partial charge in [0.15, 0.2) is 0 Å². The zero-order valence-corrected chi connectivity index (χ0v) is 17.7. The van der Waals surface area contributed by atoms with Crippen LogP contribution in [-0.2, 0) is 9.59 Å². The van der Waals surface area contributed by atoms with E-state index in [0.717, 1.165) is 25.0 Å². The maximum Gasteiger partial charge on any atom is 0.573 e. The van der Waals surface area contributed by atoms with Crippen LogP contribution in [0.4, 0.5) is 30.6 Å². The van der Waals surface area contributed by atoms with Gasteiger partial charge in [0, 0.05) is 31.3 Å². The van der Waals surface area contributed by atoms with Crippen LogP contribution in [0.25, 0.3) is 0 Å². The van der Waals surface area contributed by atoms with Gasteiger partial charge in [-0.15, -0.1) is 13.2 Å². The molecular weight excluding hydrogens is 443 g/mol. The smallest absolute Gasteiger partial charge is 0.406 e. The van der Waals surface area contributed by atoms with E-state index < -0.39 is 35.4 Å². The van der Waals surface area contributed by atoms with E-state index in [0.29, 0.717) is 25.0 Å². The van der Waals surface area contributed by atoms with Gasteiger partial charge in [0.2, 0.25) is 17.8 Å². The minimum absolute atomic E-state index is 0.00334. The number of fused-ring (bicyclic) bond motifs is 1. The van der Waals surface area contributed by atoms with E-state index in [-0.39, 0.29) is 23.5 Å². The van der Waals surface area contributed by atoms with Crippen molar-refractivity contribution in [3.63, 3.8) is 0 Å². The highest BCUT2D eigenvalue weighted by atomic mass is 19.4. The first-order valence-corrected chi connectivity index (χ1v) is 10.4. The van der Waals surface area contributed by atoms with Crippen LogP contribution in [0.2, 0.25) is 0 Å². The van der Waals surface area contributed by atoms with Gasteiger partial charge in [-0.1, -0.05) is 13.0 Å². The summed E-state index contributed by atoms with van der Waals surface area (Å²) in [6, 6.07) is 4.73. The molecular formula is C21H22F3N5O4. The molecule has 2 aromatic rings. The van der Waals surface area contributed by atoms with Crippen molar-refractivity contribution in [2.24, 2.45) is 5.92 Å². The van der Waals surface area contributed by atoms with E-state index >= 15 is 0 Å². The third-order valence-corrected chi connectivity index (χ3v) is 5.55. The number of H-pyrrole nitrogens is 1. The van der Waals surface area contributed by atoms with Crippen molar-refractivity contribution >= 4 is 29.3 Å². The fraction of sp³-hybridized carbons (Fsp3) is 0.429. The van der Waals surface area contributed by atoms with Crippen LogP contribution in [0.15, 0.2) is 29.1 Å². The van der Waals surface area contributed by atoms with Gasteiger partial charge in [0.05, 0.1) is 11.5 Å². The molecule has 9 nitrogen and oxygen atoms in total. The molecule has 2 atom stereocenters.